The summed E-state index contributed by atoms with van der Waals surface area (Å²) in [5.74, 6) is 1.06. The van der Waals surface area contributed by atoms with Crippen molar-refractivity contribution in [3.63, 3.8) is 0 Å². The van der Waals surface area contributed by atoms with Crippen molar-refractivity contribution in [2.45, 2.75) is 13.5 Å². The van der Waals surface area contributed by atoms with Gasteiger partial charge in [0.05, 0.1) is 25.7 Å². The number of anilines is 1. The number of sulfonamides is 1. The highest BCUT2D eigenvalue weighted by Gasteiger charge is 2.25. The van der Waals surface area contributed by atoms with Crippen LogP contribution in [0.3, 0.4) is 0 Å². The van der Waals surface area contributed by atoms with E-state index in [1.807, 2.05) is 18.2 Å². The SMILES string of the molecule is CCS(=O)(=O)N1CCN(Cc2cccc(C(=O)Nc3ccc(OC)cc3OC)c2)CC1. The molecule has 31 heavy (non-hydrogen) atoms. The Kier molecular flexibility index (Phi) is 7.53. The Morgan fingerprint density at radius 1 is 1.03 bits per heavy atom. The molecule has 0 unspecified atom stereocenters. The van der Waals surface area contributed by atoms with Crippen LogP contribution in [0.2, 0.25) is 0 Å². The minimum atomic E-state index is -3.14. The van der Waals surface area contributed by atoms with Crippen LogP contribution in [-0.2, 0) is 16.6 Å². The average Bonchev–Trinajstić information content (AvgIpc) is 2.79. The Labute approximate surface area is 183 Å². The second kappa shape index (κ2) is 10.1. The normalized spacial score (nSPS) is 15.5. The predicted molar refractivity (Wildman–Crippen MR) is 120 cm³/mol. The number of benzene rings is 2. The lowest BCUT2D eigenvalue weighted by molar-refractivity contribution is 0.102. The van der Waals surface area contributed by atoms with Crippen molar-refractivity contribution in [2.75, 3.05) is 51.5 Å². The number of methoxy groups -OCH3 is 2. The zero-order valence-electron chi connectivity index (χ0n) is 18.1. The number of ether oxygens (including phenoxy) is 2. The van der Waals surface area contributed by atoms with Crippen LogP contribution in [-0.4, -0.2) is 69.7 Å². The van der Waals surface area contributed by atoms with Gasteiger partial charge in [-0.15, -0.1) is 0 Å². The van der Waals surface area contributed by atoms with E-state index in [0.717, 1.165) is 5.56 Å². The third-order valence-electron chi connectivity index (χ3n) is 5.34. The van der Waals surface area contributed by atoms with Crippen LogP contribution >= 0.6 is 0 Å². The number of amides is 1. The molecule has 1 N–H and O–H groups in total. The highest BCUT2D eigenvalue weighted by Crippen LogP contribution is 2.29. The molecule has 0 aliphatic carbocycles. The molecule has 0 bridgehead atoms. The predicted octanol–water partition coefficient (Wildman–Crippen LogP) is 2.42. The molecule has 2 aromatic rings. The number of rotatable bonds is 8. The first-order chi connectivity index (χ1) is 14.9. The Balaban J connectivity index is 1.64. The summed E-state index contributed by atoms with van der Waals surface area (Å²) in [4.78, 5) is 15.0. The fraction of sp³-hybridized carbons (Fsp3) is 0.409. The molecule has 1 fully saturated rings. The van der Waals surface area contributed by atoms with Crippen LogP contribution < -0.4 is 14.8 Å². The van der Waals surface area contributed by atoms with E-state index < -0.39 is 10.0 Å². The van der Waals surface area contributed by atoms with Crippen molar-refractivity contribution in [3.05, 3.63) is 53.6 Å². The number of carbonyl (C=O) groups excluding carboxylic acids is 1. The second-order valence-electron chi connectivity index (χ2n) is 7.30. The molecule has 0 saturated carbocycles. The van der Waals surface area contributed by atoms with Gasteiger partial charge in [-0.1, -0.05) is 12.1 Å². The largest absolute Gasteiger partial charge is 0.497 e. The number of hydrogen-bond acceptors (Lipinski definition) is 6. The lowest BCUT2D eigenvalue weighted by Crippen LogP contribution is -2.48. The maximum Gasteiger partial charge on any atom is 0.255 e. The van der Waals surface area contributed by atoms with Gasteiger partial charge in [0.2, 0.25) is 10.0 Å². The number of nitrogens with one attached hydrogen (secondary N) is 1. The Bertz CT molecular complexity index is 1020. The summed E-state index contributed by atoms with van der Waals surface area (Å²) < 4.78 is 36.1. The molecule has 1 aliphatic heterocycles. The zero-order valence-corrected chi connectivity index (χ0v) is 18.9. The average molecular weight is 448 g/mol. The Hall–Kier alpha value is -2.62. The van der Waals surface area contributed by atoms with E-state index in [4.69, 9.17) is 9.47 Å². The standard InChI is InChI=1S/C22H29N3O5S/c1-4-31(27,28)25-12-10-24(11-13-25)16-17-6-5-7-18(14-17)22(26)23-20-9-8-19(29-2)15-21(20)30-3/h5-9,14-15H,4,10-13,16H2,1-3H3,(H,23,26). The number of piperazine rings is 1. The van der Waals surface area contributed by atoms with E-state index in [9.17, 15) is 13.2 Å². The lowest BCUT2D eigenvalue weighted by Gasteiger charge is -2.33. The van der Waals surface area contributed by atoms with Gasteiger partial charge in [-0.05, 0) is 36.8 Å². The Morgan fingerprint density at radius 3 is 2.42 bits per heavy atom. The second-order valence-corrected chi connectivity index (χ2v) is 9.55. The summed E-state index contributed by atoms with van der Waals surface area (Å²) in [5, 5.41) is 2.88. The van der Waals surface area contributed by atoms with Gasteiger partial charge in [0.15, 0.2) is 0 Å². The van der Waals surface area contributed by atoms with E-state index >= 15 is 0 Å². The highest BCUT2D eigenvalue weighted by atomic mass is 32.2. The van der Waals surface area contributed by atoms with Crippen LogP contribution in [0.15, 0.2) is 42.5 Å². The molecule has 0 aromatic heterocycles. The van der Waals surface area contributed by atoms with Gasteiger partial charge in [0.1, 0.15) is 11.5 Å². The first kappa shape index (κ1) is 23.1. The topological polar surface area (TPSA) is 88.2 Å². The Morgan fingerprint density at radius 2 is 1.77 bits per heavy atom. The van der Waals surface area contributed by atoms with Crippen LogP contribution in [0.1, 0.15) is 22.8 Å². The molecule has 3 rings (SSSR count). The van der Waals surface area contributed by atoms with Gasteiger partial charge in [-0.2, -0.15) is 4.31 Å². The first-order valence-electron chi connectivity index (χ1n) is 10.2. The molecule has 1 aliphatic rings. The minimum Gasteiger partial charge on any atom is -0.497 e. The summed E-state index contributed by atoms with van der Waals surface area (Å²) in [6.45, 7) is 4.64. The third kappa shape index (κ3) is 5.75. The molecule has 0 spiro atoms. The summed E-state index contributed by atoms with van der Waals surface area (Å²) in [6.07, 6.45) is 0. The van der Waals surface area contributed by atoms with Crippen LogP contribution in [0.25, 0.3) is 0 Å². The van der Waals surface area contributed by atoms with Gasteiger partial charge in [-0.3, -0.25) is 9.69 Å². The van der Waals surface area contributed by atoms with Crippen molar-refractivity contribution in [2.24, 2.45) is 0 Å². The number of hydrogen-bond donors (Lipinski definition) is 1. The van der Waals surface area contributed by atoms with E-state index in [1.165, 1.54) is 7.11 Å². The summed E-state index contributed by atoms with van der Waals surface area (Å²) in [6, 6.07) is 12.7. The third-order valence-corrected chi connectivity index (χ3v) is 7.22. The van der Waals surface area contributed by atoms with Crippen LogP contribution in [0, 0.1) is 0 Å². The molecular weight excluding hydrogens is 418 g/mol. The lowest BCUT2D eigenvalue weighted by atomic mass is 10.1. The van der Waals surface area contributed by atoms with Crippen LogP contribution in [0.4, 0.5) is 5.69 Å². The van der Waals surface area contributed by atoms with Crippen molar-refractivity contribution in [3.8, 4) is 11.5 Å². The van der Waals surface area contributed by atoms with Gasteiger partial charge in [-0.25, -0.2) is 8.42 Å². The number of carbonyl (C=O) groups is 1. The summed E-state index contributed by atoms with van der Waals surface area (Å²) in [5.41, 5.74) is 2.11. The molecule has 1 heterocycles. The van der Waals surface area contributed by atoms with Gasteiger partial charge in [0.25, 0.3) is 5.91 Å². The fourth-order valence-corrected chi connectivity index (χ4v) is 4.60. The zero-order chi connectivity index (χ0) is 22.4. The summed E-state index contributed by atoms with van der Waals surface area (Å²) >= 11 is 0. The molecule has 2 aromatic carbocycles. The van der Waals surface area contributed by atoms with E-state index in [-0.39, 0.29) is 11.7 Å². The van der Waals surface area contributed by atoms with Gasteiger partial charge < -0.3 is 14.8 Å². The smallest absolute Gasteiger partial charge is 0.255 e. The van der Waals surface area contributed by atoms with Crippen molar-refractivity contribution in [1.29, 1.82) is 0 Å². The van der Waals surface area contributed by atoms with E-state index in [2.05, 4.69) is 10.2 Å². The number of nitrogens with zero attached hydrogens (tertiary/aromatic N) is 2. The molecule has 9 heteroatoms. The van der Waals surface area contributed by atoms with E-state index in [1.54, 1.807) is 42.6 Å². The molecular formula is C22H29N3O5S. The fourth-order valence-electron chi connectivity index (χ4n) is 3.51. The van der Waals surface area contributed by atoms with Crippen molar-refractivity contribution < 1.29 is 22.7 Å². The molecule has 1 saturated heterocycles. The van der Waals surface area contributed by atoms with Crippen LogP contribution in [0.5, 0.6) is 11.5 Å². The molecule has 0 atom stereocenters. The maximum atomic E-state index is 12.8. The van der Waals surface area contributed by atoms with Gasteiger partial charge in [0, 0.05) is 44.4 Å². The molecule has 0 radical (unpaired) electrons. The molecule has 8 nitrogen and oxygen atoms in total. The monoisotopic (exact) mass is 447 g/mol. The first-order valence-corrected chi connectivity index (χ1v) is 11.8. The molecule has 1 amide bonds. The summed E-state index contributed by atoms with van der Waals surface area (Å²) in [7, 11) is -0.0311. The highest BCUT2D eigenvalue weighted by molar-refractivity contribution is 7.89. The van der Waals surface area contributed by atoms with Crippen molar-refractivity contribution >= 4 is 21.6 Å². The van der Waals surface area contributed by atoms with E-state index in [0.29, 0.717) is 55.5 Å². The molecule has 168 valence electrons. The van der Waals surface area contributed by atoms with Gasteiger partial charge >= 0.3 is 0 Å². The van der Waals surface area contributed by atoms with Crippen molar-refractivity contribution in [1.82, 2.24) is 9.21 Å². The maximum absolute atomic E-state index is 12.8. The quantitative estimate of drug-likeness (QED) is 0.669. The minimum absolute atomic E-state index is 0.128.